The van der Waals surface area contributed by atoms with Crippen molar-refractivity contribution < 1.29 is 45.4 Å². The quantitative estimate of drug-likeness (QED) is 0.0268. The third-order valence-corrected chi connectivity index (χ3v) is 14.5. The summed E-state index contributed by atoms with van der Waals surface area (Å²) < 4.78 is 80.2. The van der Waals surface area contributed by atoms with Crippen molar-refractivity contribution in [1.82, 2.24) is 30.0 Å². The molecule has 18 heteroatoms. The van der Waals surface area contributed by atoms with E-state index in [0.29, 0.717) is 65.1 Å². The number of sulfonamides is 2. The number of aromatic nitrogens is 2. The number of ether oxygens (including phenoxy) is 4. The lowest BCUT2D eigenvalue weighted by Gasteiger charge is -2.19. The zero-order valence-electron chi connectivity index (χ0n) is 42.5. The Morgan fingerprint density at radius 3 is 1.24 bits per heavy atom. The van der Waals surface area contributed by atoms with Gasteiger partial charge < -0.3 is 39.5 Å². The fourth-order valence-corrected chi connectivity index (χ4v) is 10.1. The number of carbonyl (C=O) groups excluding carboxylic acids is 2. The van der Waals surface area contributed by atoms with Crippen LogP contribution in [0.3, 0.4) is 0 Å². The molecule has 0 fully saturated rings. The fraction of sp³-hybridized carbons (Fsp3) is 0.444. The number of nitrogens with one attached hydrogen (secondary N) is 6. The van der Waals surface area contributed by atoms with Crippen LogP contribution in [0.5, 0.6) is 11.5 Å². The molecular formula is C54H72N6O10S2. The summed E-state index contributed by atoms with van der Waals surface area (Å²) >= 11 is 0. The van der Waals surface area contributed by atoms with Crippen molar-refractivity contribution in [1.29, 1.82) is 0 Å². The second kappa shape index (κ2) is 25.5. The van der Waals surface area contributed by atoms with Gasteiger partial charge in [-0.1, -0.05) is 49.9 Å². The molecule has 72 heavy (non-hydrogen) atoms. The molecule has 4 aromatic carbocycles. The summed E-state index contributed by atoms with van der Waals surface area (Å²) in [5.41, 5.74) is 4.55. The third kappa shape index (κ3) is 17.6. The van der Waals surface area contributed by atoms with E-state index < -0.39 is 43.4 Å². The first-order valence-corrected chi connectivity index (χ1v) is 27.8. The minimum absolute atomic E-state index is 0.157. The Morgan fingerprint density at radius 2 is 0.861 bits per heavy atom. The first-order valence-electron chi connectivity index (χ1n) is 24.8. The molecule has 2 amide bonds. The minimum atomic E-state index is -3.71. The van der Waals surface area contributed by atoms with Gasteiger partial charge in [-0.15, -0.1) is 0 Å². The Kier molecular flexibility index (Phi) is 19.6. The Morgan fingerprint density at radius 1 is 0.486 bits per heavy atom. The van der Waals surface area contributed by atoms with Crippen LogP contribution < -0.4 is 29.6 Å². The van der Waals surface area contributed by atoms with Gasteiger partial charge in [0.2, 0.25) is 20.0 Å². The SMILES string of the molecule is CC(C)(C)OC(=O)NCCc1c[nH]c2ccc(OCCCCCCNS(=O)(=O)c3ccc(-c4ccc(S(=O)(=O)NCCCCCCOc5ccc6[nH]cc(CCNC(=O)OC(C)(C)C)c6c5)cc4)cc3)cc12. The van der Waals surface area contributed by atoms with Crippen molar-refractivity contribution in [3.63, 3.8) is 0 Å². The number of H-pyrrole nitrogens is 2. The van der Waals surface area contributed by atoms with E-state index in [1.165, 1.54) is 0 Å². The number of hydrogen-bond donors (Lipinski definition) is 6. The Hall–Kier alpha value is -6.08. The number of rotatable bonds is 27. The molecule has 0 aliphatic rings. The largest absolute Gasteiger partial charge is 0.494 e. The maximum absolute atomic E-state index is 13.0. The lowest BCUT2D eigenvalue weighted by Crippen LogP contribution is -2.33. The van der Waals surface area contributed by atoms with Gasteiger partial charge >= 0.3 is 12.2 Å². The summed E-state index contributed by atoms with van der Waals surface area (Å²) in [6.45, 7) is 13.6. The molecule has 2 aromatic heterocycles. The molecule has 0 spiro atoms. The highest BCUT2D eigenvalue weighted by Gasteiger charge is 2.19. The van der Waals surface area contributed by atoms with Crippen molar-refractivity contribution in [2.24, 2.45) is 0 Å². The molecular weight excluding hydrogens is 957 g/mol. The van der Waals surface area contributed by atoms with Crippen molar-refractivity contribution >= 4 is 54.0 Å². The van der Waals surface area contributed by atoms with Crippen molar-refractivity contribution in [3.8, 4) is 22.6 Å². The number of aromatic amines is 2. The van der Waals surface area contributed by atoms with Crippen LogP contribution in [0.15, 0.2) is 107 Å². The predicted molar refractivity (Wildman–Crippen MR) is 283 cm³/mol. The molecule has 0 atom stereocenters. The Balaban J connectivity index is 0.824. The maximum atomic E-state index is 13.0. The van der Waals surface area contributed by atoms with Crippen LogP contribution in [0.2, 0.25) is 0 Å². The highest BCUT2D eigenvalue weighted by Crippen LogP contribution is 2.27. The predicted octanol–water partition coefficient (Wildman–Crippen LogP) is 10.3. The van der Waals surface area contributed by atoms with Crippen molar-refractivity contribution in [2.75, 3.05) is 39.4 Å². The molecule has 0 bridgehead atoms. The van der Waals surface area contributed by atoms with E-state index in [4.69, 9.17) is 18.9 Å². The number of unbranched alkanes of at least 4 members (excludes halogenated alkanes) is 6. The smallest absolute Gasteiger partial charge is 0.407 e. The first-order chi connectivity index (χ1) is 34.2. The van der Waals surface area contributed by atoms with E-state index in [-0.39, 0.29) is 9.79 Å². The summed E-state index contributed by atoms with van der Waals surface area (Å²) in [6, 6.07) is 24.9. The summed E-state index contributed by atoms with van der Waals surface area (Å²) in [7, 11) is -7.42. The van der Waals surface area contributed by atoms with Crippen molar-refractivity contribution in [3.05, 3.63) is 108 Å². The van der Waals surface area contributed by atoms with Crippen LogP contribution in [0.25, 0.3) is 32.9 Å². The minimum Gasteiger partial charge on any atom is -0.494 e. The molecule has 6 rings (SSSR count). The molecule has 6 N–H and O–H groups in total. The average Bonchev–Trinajstić information content (AvgIpc) is 3.92. The number of hydrogen-bond acceptors (Lipinski definition) is 10. The van der Waals surface area contributed by atoms with Crippen LogP contribution >= 0.6 is 0 Å². The van der Waals surface area contributed by atoms with Crippen LogP contribution in [0, 0.1) is 0 Å². The lowest BCUT2D eigenvalue weighted by molar-refractivity contribution is 0.0517. The summed E-state index contributed by atoms with van der Waals surface area (Å²) in [5.74, 6) is 1.53. The summed E-state index contributed by atoms with van der Waals surface area (Å²) in [6.07, 6.45) is 10.8. The average molecular weight is 1030 g/mol. The molecule has 0 unspecified atom stereocenters. The van der Waals surface area contributed by atoms with Crippen molar-refractivity contribution in [2.45, 2.75) is 127 Å². The number of amides is 2. The number of carbonyl (C=O) groups is 2. The number of fused-ring (bicyclic) bond motifs is 2. The van der Waals surface area contributed by atoms with E-state index in [1.807, 2.05) is 90.3 Å². The van der Waals surface area contributed by atoms with Crippen LogP contribution in [0.4, 0.5) is 9.59 Å². The lowest BCUT2D eigenvalue weighted by atomic mass is 10.1. The second-order valence-electron chi connectivity index (χ2n) is 19.8. The van der Waals surface area contributed by atoms with Gasteiger partial charge in [0.05, 0.1) is 23.0 Å². The molecule has 0 saturated heterocycles. The fourth-order valence-electron chi connectivity index (χ4n) is 7.91. The van der Waals surface area contributed by atoms with Crippen LogP contribution in [-0.4, -0.2) is 89.6 Å². The normalized spacial score (nSPS) is 12.2. The molecule has 390 valence electrons. The summed E-state index contributed by atoms with van der Waals surface area (Å²) in [4.78, 5) is 30.9. The second-order valence-corrected chi connectivity index (χ2v) is 23.3. The summed E-state index contributed by atoms with van der Waals surface area (Å²) in [5, 5.41) is 7.68. The highest BCUT2D eigenvalue weighted by molar-refractivity contribution is 7.89. The number of alkyl carbamates (subject to hydrolysis) is 2. The highest BCUT2D eigenvalue weighted by atomic mass is 32.2. The number of benzene rings is 4. The molecule has 6 aromatic rings. The standard InChI is InChI=1S/C54H72N6O10S2/c1-53(2,3)69-51(61)55-31-27-41-37-57-49-25-19-43(35-47(41)49)67-33-13-9-7-11-29-59-71(63,64)45-21-15-39(16-22-45)40-17-23-46(24-18-40)72(65,66)60-30-12-8-10-14-34-68-44-20-26-50-48(36-44)42(38-58-50)28-32-56-52(62)70-54(4,5)6/h15-26,35-38,57-60H,7-14,27-34H2,1-6H3,(H,55,61)(H,56,62). The van der Waals surface area contributed by atoms with Gasteiger partial charge in [0.1, 0.15) is 22.7 Å². The molecule has 2 heterocycles. The van der Waals surface area contributed by atoms with E-state index in [1.54, 1.807) is 48.5 Å². The van der Waals surface area contributed by atoms with Crippen LogP contribution in [-0.2, 0) is 42.4 Å². The molecule has 0 radical (unpaired) electrons. The monoisotopic (exact) mass is 1030 g/mol. The van der Waals surface area contributed by atoms with Gasteiger partial charge in [0, 0.05) is 60.4 Å². The zero-order valence-corrected chi connectivity index (χ0v) is 44.1. The van der Waals surface area contributed by atoms with Gasteiger partial charge in [0.25, 0.3) is 0 Å². The first kappa shape index (κ1) is 55.2. The van der Waals surface area contributed by atoms with Gasteiger partial charge in [-0.3, -0.25) is 0 Å². The topological polar surface area (TPSA) is 219 Å². The molecule has 16 nitrogen and oxygen atoms in total. The molecule has 0 aliphatic carbocycles. The van der Waals surface area contributed by atoms with E-state index in [9.17, 15) is 26.4 Å². The Labute approximate surface area is 424 Å². The van der Waals surface area contributed by atoms with E-state index in [2.05, 4.69) is 30.0 Å². The maximum Gasteiger partial charge on any atom is 0.407 e. The third-order valence-electron chi connectivity index (χ3n) is 11.5. The Bertz CT molecular complexity index is 2720. The van der Waals surface area contributed by atoms with Gasteiger partial charge in [-0.05, 0) is 163 Å². The van der Waals surface area contributed by atoms with E-state index in [0.717, 1.165) is 94.1 Å². The van der Waals surface area contributed by atoms with E-state index >= 15 is 0 Å². The molecule has 0 saturated carbocycles. The zero-order chi connectivity index (χ0) is 51.8. The van der Waals surface area contributed by atoms with Gasteiger partial charge in [-0.2, -0.15) is 0 Å². The molecule has 0 aliphatic heterocycles. The van der Waals surface area contributed by atoms with Gasteiger partial charge in [-0.25, -0.2) is 35.9 Å². The van der Waals surface area contributed by atoms with Crippen LogP contribution in [0.1, 0.15) is 104 Å². The van der Waals surface area contributed by atoms with Gasteiger partial charge in [0.15, 0.2) is 0 Å².